The summed E-state index contributed by atoms with van der Waals surface area (Å²) in [6.07, 6.45) is 7.33. The van der Waals surface area contributed by atoms with E-state index in [1.165, 1.54) is 37.9 Å². The zero-order valence-corrected chi connectivity index (χ0v) is 11.1. The second-order valence-electron chi connectivity index (χ2n) is 4.44. The highest BCUT2D eigenvalue weighted by atomic mass is 15.3. The molecule has 0 N–H and O–H groups in total. The molecule has 3 nitrogen and oxygen atoms in total. The van der Waals surface area contributed by atoms with Crippen molar-refractivity contribution in [2.45, 2.75) is 52.5 Å². The van der Waals surface area contributed by atoms with E-state index in [2.05, 4.69) is 29.1 Å². The molecule has 2 unspecified atom stereocenters. The van der Waals surface area contributed by atoms with Crippen LogP contribution in [0.5, 0.6) is 0 Å². The van der Waals surface area contributed by atoms with Gasteiger partial charge in [-0.3, -0.25) is 4.90 Å². The van der Waals surface area contributed by atoms with E-state index in [0.717, 1.165) is 0 Å². The van der Waals surface area contributed by atoms with Crippen molar-refractivity contribution in [2.24, 2.45) is 16.1 Å². The first-order valence-electron chi connectivity index (χ1n) is 6.57. The average Bonchev–Trinajstić information content (AvgIpc) is 2.28. The highest BCUT2D eigenvalue weighted by Gasteiger charge is 2.29. The molecule has 2 heterocycles. The largest absolute Gasteiger partial charge is 0.298 e. The van der Waals surface area contributed by atoms with Gasteiger partial charge >= 0.3 is 0 Å². The molecule has 0 spiro atoms. The lowest BCUT2D eigenvalue weighted by Crippen LogP contribution is -2.46. The van der Waals surface area contributed by atoms with Gasteiger partial charge in [0.2, 0.25) is 0 Å². The predicted octanol–water partition coefficient (Wildman–Crippen LogP) is 2.96. The van der Waals surface area contributed by atoms with Crippen LogP contribution in [0.3, 0.4) is 0 Å². The Bertz CT molecular complexity index is 258. The Kier molecular flexibility index (Phi) is 5.67. The minimum absolute atomic E-state index is 0.507. The fourth-order valence-corrected chi connectivity index (χ4v) is 2.60. The summed E-state index contributed by atoms with van der Waals surface area (Å²) in [4.78, 5) is 2.44. The average molecular weight is 223 g/mol. The van der Waals surface area contributed by atoms with Crippen molar-refractivity contribution in [3.05, 3.63) is 0 Å². The van der Waals surface area contributed by atoms with Crippen molar-refractivity contribution in [3.8, 4) is 0 Å². The molecule has 2 atom stereocenters. The van der Waals surface area contributed by atoms with E-state index >= 15 is 0 Å². The van der Waals surface area contributed by atoms with Crippen LogP contribution in [-0.4, -0.2) is 36.5 Å². The molecule has 92 valence electrons. The standard InChI is InChI=1S/C11H19N3.C2H6/c1-9-11-10(8-12-13-9)6-4-3-5-7-14(11)2;1-2/h8,10-11H,3-7H2,1-2H3;1-2H3. The van der Waals surface area contributed by atoms with Crippen LogP contribution in [0.15, 0.2) is 10.2 Å². The second-order valence-corrected chi connectivity index (χ2v) is 4.44. The molecule has 3 heteroatoms. The van der Waals surface area contributed by atoms with Crippen molar-refractivity contribution in [1.29, 1.82) is 0 Å². The Morgan fingerprint density at radius 3 is 2.75 bits per heavy atom. The Labute approximate surface area is 99.6 Å². The normalized spacial score (nSPS) is 30.4. The summed E-state index contributed by atoms with van der Waals surface area (Å²) in [5.41, 5.74) is 1.18. The molecule has 0 aromatic rings. The summed E-state index contributed by atoms with van der Waals surface area (Å²) in [5.74, 6) is 0.595. The molecule has 16 heavy (non-hydrogen) atoms. The van der Waals surface area contributed by atoms with Crippen LogP contribution in [0.2, 0.25) is 0 Å². The minimum atomic E-state index is 0.507. The van der Waals surface area contributed by atoms with E-state index < -0.39 is 0 Å². The van der Waals surface area contributed by atoms with Crippen molar-refractivity contribution < 1.29 is 0 Å². The summed E-state index contributed by atoms with van der Waals surface area (Å²) < 4.78 is 0. The maximum Gasteiger partial charge on any atom is 0.0573 e. The fourth-order valence-electron chi connectivity index (χ4n) is 2.60. The first-order valence-corrected chi connectivity index (χ1v) is 6.57. The summed E-state index contributed by atoms with van der Waals surface area (Å²) in [6, 6.07) is 0.507. The minimum Gasteiger partial charge on any atom is -0.298 e. The quantitative estimate of drug-likeness (QED) is 0.620. The Morgan fingerprint density at radius 2 is 2.00 bits per heavy atom. The second kappa shape index (κ2) is 6.79. The fraction of sp³-hybridized carbons (Fsp3) is 0.846. The van der Waals surface area contributed by atoms with Crippen molar-refractivity contribution >= 4 is 11.9 Å². The number of rotatable bonds is 0. The summed E-state index contributed by atoms with van der Waals surface area (Å²) in [7, 11) is 2.21. The predicted molar refractivity (Wildman–Crippen MR) is 71.3 cm³/mol. The first-order chi connectivity index (χ1) is 7.79. The van der Waals surface area contributed by atoms with E-state index in [1.54, 1.807) is 0 Å². The zero-order valence-electron chi connectivity index (χ0n) is 11.1. The lowest BCUT2D eigenvalue weighted by atomic mass is 9.88. The molecule has 0 radical (unpaired) electrons. The zero-order chi connectivity index (χ0) is 12.0. The van der Waals surface area contributed by atoms with Crippen LogP contribution in [0.1, 0.15) is 46.5 Å². The number of hydrogen-bond donors (Lipinski definition) is 0. The molecule has 2 aliphatic rings. The SMILES string of the molecule is CC.CC1=NN=CC2CCCCCN(C)C12. The van der Waals surface area contributed by atoms with Gasteiger partial charge in [0.25, 0.3) is 0 Å². The Hall–Kier alpha value is -0.700. The lowest BCUT2D eigenvalue weighted by Gasteiger charge is -2.35. The van der Waals surface area contributed by atoms with Gasteiger partial charge in [0.05, 0.1) is 11.8 Å². The third-order valence-electron chi connectivity index (χ3n) is 3.33. The maximum absolute atomic E-state index is 4.18. The van der Waals surface area contributed by atoms with Crippen LogP contribution >= 0.6 is 0 Å². The van der Waals surface area contributed by atoms with E-state index in [0.29, 0.717) is 12.0 Å². The maximum atomic E-state index is 4.18. The molecule has 0 aromatic carbocycles. The van der Waals surface area contributed by atoms with Crippen LogP contribution < -0.4 is 0 Å². The van der Waals surface area contributed by atoms with E-state index in [-0.39, 0.29) is 0 Å². The van der Waals surface area contributed by atoms with E-state index in [4.69, 9.17) is 0 Å². The van der Waals surface area contributed by atoms with Crippen LogP contribution in [-0.2, 0) is 0 Å². The van der Waals surface area contributed by atoms with Gasteiger partial charge in [-0.2, -0.15) is 10.2 Å². The molecule has 0 bridgehead atoms. The van der Waals surface area contributed by atoms with Crippen molar-refractivity contribution in [3.63, 3.8) is 0 Å². The molecule has 0 aliphatic carbocycles. The van der Waals surface area contributed by atoms with Gasteiger partial charge in [-0.05, 0) is 33.4 Å². The van der Waals surface area contributed by atoms with Gasteiger partial charge in [0.15, 0.2) is 0 Å². The van der Waals surface area contributed by atoms with Crippen molar-refractivity contribution in [2.75, 3.05) is 13.6 Å². The lowest BCUT2D eigenvalue weighted by molar-refractivity contribution is 0.230. The summed E-state index contributed by atoms with van der Waals surface area (Å²) in [5, 5.41) is 8.27. The molecule has 2 rings (SSSR count). The summed E-state index contributed by atoms with van der Waals surface area (Å²) >= 11 is 0. The van der Waals surface area contributed by atoms with Gasteiger partial charge in [-0.25, -0.2) is 0 Å². The molecule has 2 aliphatic heterocycles. The van der Waals surface area contributed by atoms with Gasteiger partial charge in [-0.1, -0.05) is 26.7 Å². The molecule has 1 fully saturated rings. The topological polar surface area (TPSA) is 28.0 Å². The van der Waals surface area contributed by atoms with Gasteiger partial charge < -0.3 is 0 Å². The van der Waals surface area contributed by atoms with Gasteiger partial charge in [0.1, 0.15) is 0 Å². The van der Waals surface area contributed by atoms with Crippen LogP contribution in [0.25, 0.3) is 0 Å². The summed E-state index contributed by atoms with van der Waals surface area (Å²) in [6.45, 7) is 7.30. The molecular formula is C13H25N3. The van der Waals surface area contributed by atoms with Crippen LogP contribution in [0, 0.1) is 5.92 Å². The van der Waals surface area contributed by atoms with E-state index in [9.17, 15) is 0 Å². The molecule has 0 aromatic heterocycles. The highest BCUT2D eigenvalue weighted by Crippen LogP contribution is 2.23. The highest BCUT2D eigenvalue weighted by molar-refractivity contribution is 5.92. The molecular weight excluding hydrogens is 198 g/mol. The third kappa shape index (κ3) is 3.14. The number of hydrogen-bond acceptors (Lipinski definition) is 3. The Balaban J connectivity index is 0.000000606. The number of nitrogens with zero attached hydrogens (tertiary/aromatic N) is 3. The monoisotopic (exact) mass is 223 g/mol. The van der Waals surface area contributed by atoms with Gasteiger partial charge in [0, 0.05) is 12.1 Å². The third-order valence-corrected chi connectivity index (χ3v) is 3.33. The number of fused-ring (bicyclic) bond motifs is 1. The molecule has 1 saturated heterocycles. The number of likely N-dealkylation sites (tertiary alicyclic amines) is 1. The molecule has 0 amide bonds. The Morgan fingerprint density at radius 1 is 1.25 bits per heavy atom. The van der Waals surface area contributed by atoms with Crippen LogP contribution in [0.4, 0.5) is 0 Å². The smallest absolute Gasteiger partial charge is 0.0573 e. The molecule has 0 saturated carbocycles. The van der Waals surface area contributed by atoms with Gasteiger partial charge in [-0.15, -0.1) is 0 Å². The van der Waals surface area contributed by atoms with E-state index in [1.807, 2.05) is 20.1 Å². The van der Waals surface area contributed by atoms with Crippen molar-refractivity contribution in [1.82, 2.24) is 4.90 Å². The first kappa shape index (κ1) is 13.4.